The van der Waals surface area contributed by atoms with Crippen LogP contribution in [0.15, 0.2) is 6.07 Å². The van der Waals surface area contributed by atoms with Gasteiger partial charge in [0.05, 0.1) is 0 Å². The van der Waals surface area contributed by atoms with Gasteiger partial charge >= 0.3 is 0 Å². The molecule has 0 aromatic carbocycles. The first kappa shape index (κ1) is 8.19. The highest BCUT2D eigenvalue weighted by atomic mass is 32.1. The summed E-state index contributed by atoms with van der Waals surface area (Å²) in [7, 11) is 0.913. The lowest BCUT2D eigenvalue weighted by Crippen LogP contribution is -1.93. The number of nitrogens with two attached hydrogens (primary N) is 1. The number of hydrogen-bond acceptors (Lipinski definition) is 2. The number of rotatable bonds is 2. The van der Waals surface area contributed by atoms with Crippen LogP contribution in [0.2, 0.25) is 0 Å². The maximum absolute atomic E-state index is 5.53. The van der Waals surface area contributed by atoms with Gasteiger partial charge in [0.25, 0.3) is 0 Å². The van der Waals surface area contributed by atoms with Crippen molar-refractivity contribution in [3.8, 4) is 0 Å². The Bertz CT molecular complexity index is 219. The Morgan fingerprint density at radius 1 is 1.70 bits per heavy atom. The van der Waals surface area contributed by atoms with Crippen LogP contribution < -0.4 is 10.4 Å². The molecule has 3 heteroatoms. The van der Waals surface area contributed by atoms with Crippen LogP contribution in [0.5, 0.6) is 0 Å². The van der Waals surface area contributed by atoms with Crippen LogP contribution in [0.3, 0.4) is 0 Å². The first-order chi connectivity index (χ1) is 4.77. The predicted octanol–water partition coefficient (Wildman–Crippen LogP) is 1.45. The van der Waals surface area contributed by atoms with E-state index in [0.29, 0.717) is 6.54 Å². The highest BCUT2D eigenvalue weighted by Crippen LogP contribution is 2.18. The third-order valence-electron chi connectivity index (χ3n) is 1.45. The van der Waals surface area contributed by atoms with Crippen molar-refractivity contribution in [2.24, 2.45) is 5.73 Å². The molecule has 0 aliphatic heterocycles. The van der Waals surface area contributed by atoms with E-state index in [0.717, 1.165) is 8.58 Å². The van der Waals surface area contributed by atoms with Crippen molar-refractivity contribution in [1.82, 2.24) is 0 Å². The highest BCUT2D eigenvalue weighted by molar-refractivity contribution is 7.56. The molecular weight excluding hydrogens is 161 g/mol. The standard InChI is InChI=1S/C7H12NPS/c1-5-3-7(9-2)10-6(5)4-8/h3,9H,4,8H2,1-2H3. The van der Waals surface area contributed by atoms with E-state index in [-0.39, 0.29) is 0 Å². The van der Waals surface area contributed by atoms with Gasteiger partial charge in [-0.25, -0.2) is 0 Å². The molecule has 1 rings (SSSR count). The number of thiophene rings is 1. The molecule has 1 atom stereocenters. The Labute approximate surface area is 67.4 Å². The fraction of sp³-hybridized carbons (Fsp3) is 0.429. The maximum atomic E-state index is 5.53. The van der Waals surface area contributed by atoms with E-state index in [1.165, 1.54) is 15.1 Å². The summed E-state index contributed by atoms with van der Waals surface area (Å²) >= 11 is 1.85. The first-order valence-corrected chi connectivity index (χ1v) is 5.56. The molecule has 0 saturated heterocycles. The fourth-order valence-electron chi connectivity index (χ4n) is 0.846. The second kappa shape index (κ2) is 3.47. The molecule has 0 fully saturated rings. The Morgan fingerprint density at radius 3 is 2.70 bits per heavy atom. The molecule has 1 aromatic heterocycles. The SMILES string of the molecule is CPc1cc(C)c(CN)s1. The molecule has 1 aromatic rings. The second-order valence-corrected chi connectivity index (χ2v) is 4.71. The molecule has 0 aliphatic rings. The summed E-state index contributed by atoms with van der Waals surface area (Å²) in [6.07, 6.45) is 0. The lowest BCUT2D eigenvalue weighted by Gasteiger charge is -1.88. The lowest BCUT2D eigenvalue weighted by molar-refractivity contribution is 1.09. The van der Waals surface area contributed by atoms with E-state index >= 15 is 0 Å². The first-order valence-electron chi connectivity index (χ1n) is 3.25. The summed E-state index contributed by atoms with van der Waals surface area (Å²) in [6, 6.07) is 2.24. The number of hydrogen-bond donors (Lipinski definition) is 1. The highest BCUT2D eigenvalue weighted by Gasteiger charge is 2.00. The average molecular weight is 173 g/mol. The molecule has 0 bridgehead atoms. The molecule has 0 aliphatic carbocycles. The Hall–Kier alpha value is 0.0900. The smallest absolute Gasteiger partial charge is 0.0276 e. The van der Waals surface area contributed by atoms with Crippen LogP contribution in [-0.2, 0) is 6.54 Å². The van der Waals surface area contributed by atoms with Gasteiger partial charge in [0.15, 0.2) is 0 Å². The summed E-state index contributed by atoms with van der Waals surface area (Å²) < 4.78 is 1.47. The molecule has 0 saturated carbocycles. The Balaban J connectivity index is 2.92. The van der Waals surface area contributed by atoms with Crippen LogP contribution in [0.25, 0.3) is 0 Å². The van der Waals surface area contributed by atoms with Gasteiger partial charge in [-0.1, -0.05) is 8.58 Å². The van der Waals surface area contributed by atoms with E-state index in [1.54, 1.807) is 0 Å². The van der Waals surface area contributed by atoms with E-state index < -0.39 is 0 Å². The fourth-order valence-corrected chi connectivity index (χ4v) is 2.79. The molecule has 10 heavy (non-hydrogen) atoms. The van der Waals surface area contributed by atoms with Crippen LogP contribution in [0.1, 0.15) is 10.4 Å². The summed E-state index contributed by atoms with van der Waals surface area (Å²) in [5.41, 5.74) is 6.89. The van der Waals surface area contributed by atoms with Crippen LogP contribution >= 0.6 is 19.9 Å². The number of aryl methyl sites for hydroxylation is 1. The second-order valence-electron chi connectivity index (χ2n) is 2.17. The zero-order valence-electron chi connectivity index (χ0n) is 6.27. The van der Waals surface area contributed by atoms with E-state index in [1.807, 2.05) is 11.3 Å². The molecule has 0 spiro atoms. The van der Waals surface area contributed by atoms with Crippen LogP contribution in [0.4, 0.5) is 0 Å². The van der Waals surface area contributed by atoms with Gasteiger partial charge in [0, 0.05) is 16.0 Å². The minimum Gasteiger partial charge on any atom is -0.326 e. The van der Waals surface area contributed by atoms with E-state index in [2.05, 4.69) is 19.7 Å². The van der Waals surface area contributed by atoms with Gasteiger partial charge in [0.1, 0.15) is 0 Å². The topological polar surface area (TPSA) is 26.0 Å². The molecular formula is C7H12NPS. The van der Waals surface area contributed by atoms with Crippen molar-refractivity contribution in [3.05, 3.63) is 16.5 Å². The largest absolute Gasteiger partial charge is 0.326 e. The molecule has 56 valence electrons. The predicted molar refractivity (Wildman–Crippen MR) is 50.8 cm³/mol. The summed E-state index contributed by atoms with van der Waals surface area (Å²) in [4.78, 5) is 1.34. The van der Waals surface area contributed by atoms with Gasteiger partial charge in [0.2, 0.25) is 0 Å². The molecule has 0 amide bonds. The molecule has 1 heterocycles. The molecule has 1 unspecified atom stereocenters. The lowest BCUT2D eigenvalue weighted by atomic mass is 10.3. The third kappa shape index (κ3) is 1.57. The molecule has 1 nitrogen and oxygen atoms in total. The summed E-state index contributed by atoms with van der Waals surface area (Å²) in [6.45, 7) is 5.02. The summed E-state index contributed by atoms with van der Waals surface area (Å²) in [5.74, 6) is 0. The minimum absolute atomic E-state index is 0.695. The third-order valence-corrected chi connectivity index (χ3v) is 4.08. The van der Waals surface area contributed by atoms with Gasteiger partial charge in [-0.15, -0.1) is 11.3 Å². The van der Waals surface area contributed by atoms with Crippen molar-refractivity contribution in [3.63, 3.8) is 0 Å². The zero-order valence-corrected chi connectivity index (χ0v) is 8.09. The minimum atomic E-state index is 0.695. The quantitative estimate of drug-likeness (QED) is 0.673. The van der Waals surface area contributed by atoms with Crippen molar-refractivity contribution >= 4 is 24.5 Å². The van der Waals surface area contributed by atoms with Gasteiger partial charge in [-0.3, -0.25) is 0 Å². The van der Waals surface area contributed by atoms with Crippen LogP contribution in [-0.4, -0.2) is 6.66 Å². The average Bonchev–Trinajstić information content (AvgIpc) is 2.30. The van der Waals surface area contributed by atoms with Crippen molar-refractivity contribution in [1.29, 1.82) is 0 Å². The maximum Gasteiger partial charge on any atom is 0.0276 e. The zero-order chi connectivity index (χ0) is 7.56. The van der Waals surface area contributed by atoms with Gasteiger partial charge in [-0.2, -0.15) is 0 Å². The van der Waals surface area contributed by atoms with E-state index in [9.17, 15) is 0 Å². The summed E-state index contributed by atoms with van der Waals surface area (Å²) in [5, 5.41) is 0. The molecule has 2 N–H and O–H groups in total. The van der Waals surface area contributed by atoms with Crippen molar-refractivity contribution in [2.75, 3.05) is 6.66 Å². The Morgan fingerprint density at radius 2 is 2.40 bits per heavy atom. The van der Waals surface area contributed by atoms with Gasteiger partial charge in [-0.05, 0) is 25.2 Å². The van der Waals surface area contributed by atoms with Crippen LogP contribution in [0, 0.1) is 6.92 Å². The van der Waals surface area contributed by atoms with Gasteiger partial charge < -0.3 is 5.73 Å². The van der Waals surface area contributed by atoms with Crippen molar-refractivity contribution < 1.29 is 0 Å². The van der Waals surface area contributed by atoms with E-state index in [4.69, 9.17) is 5.73 Å². The Kier molecular flexibility index (Phi) is 2.84. The normalized spacial score (nSPS) is 11.5. The van der Waals surface area contributed by atoms with Crippen molar-refractivity contribution in [2.45, 2.75) is 13.5 Å². The molecule has 0 radical (unpaired) electrons. The monoisotopic (exact) mass is 173 g/mol.